The Morgan fingerprint density at radius 3 is 1.38 bits per heavy atom. The maximum Gasteiger partial charge on any atom is 3.00 e. The zero-order valence-corrected chi connectivity index (χ0v) is 26.3. The molecule has 0 saturated carbocycles. The second kappa shape index (κ2) is 17.2. The monoisotopic (exact) mass is 700 g/mol. The Morgan fingerprint density at radius 1 is 0.692 bits per heavy atom. The molecule has 0 amide bonds. The van der Waals surface area contributed by atoms with Gasteiger partial charge in [0.15, 0.2) is 5.78 Å². The van der Waals surface area contributed by atoms with Crippen molar-refractivity contribution in [1.82, 2.24) is 9.97 Å². The molecule has 0 spiro atoms. The predicted molar refractivity (Wildman–Crippen MR) is 158 cm³/mol. The number of ketones is 1. The number of rotatable bonds is 3. The molecule has 2 aromatic carbocycles. The van der Waals surface area contributed by atoms with E-state index in [9.17, 15) is 9.90 Å². The summed E-state index contributed by atoms with van der Waals surface area (Å²) in [5.41, 5.74) is 3.26. The zero-order chi connectivity index (χ0) is 27.3. The van der Waals surface area contributed by atoms with Crippen molar-refractivity contribution in [2.24, 2.45) is 10.8 Å². The Hall–Kier alpha value is -3.40. The number of carbonyl (C=O) groups is 1. The molecule has 0 fully saturated rings. The van der Waals surface area contributed by atoms with Gasteiger partial charge in [-0.15, -0.1) is 71.8 Å². The molecule has 4 rings (SSSR count). The van der Waals surface area contributed by atoms with Gasteiger partial charge in [0.05, 0.1) is 0 Å². The average Bonchev–Trinajstić information content (AvgIpc) is 2.90. The van der Waals surface area contributed by atoms with Gasteiger partial charge in [-0.3, -0.25) is 4.79 Å². The van der Waals surface area contributed by atoms with Crippen LogP contribution in [0.4, 0.5) is 0 Å². The first-order chi connectivity index (χ1) is 17.5. The fourth-order valence-corrected chi connectivity index (χ4v) is 2.71. The largest absolute Gasteiger partial charge is 3.00 e. The van der Waals surface area contributed by atoms with E-state index >= 15 is 0 Å². The fourth-order valence-electron chi connectivity index (χ4n) is 2.71. The van der Waals surface area contributed by atoms with Crippen LogP contribution in [0.5, 0.6) is 0 Å². The van der Waals surface area contributed by atoms with Gasteiger partial charge in [0.1, 0.15) is 5.76 Å². The molecule has 0 aliphatic rings. The summed E-state index contributed by atoms with van der Waals surface area (Å²) in [4.78, 5) is 19.9. The third-order valence-corrected chi connectivity index (χ3v) is 5.08. The molecule has 0 atom stereocenters. The second-order valence-electron chi connectivity index (χ2n) is 10.4. The Kier molecular flexibility index (Phi) is 15.7. The van der Waals surface area contributed by atoms with Crippen LogP contribution in [0.2, 0.25) is 0 Å². The molecule has 4 aromatic rings. The summed E-state index contributed by atoms with van der Waals surface area (Å²) >= 11 is 0. The van der Waals surface area contributed by atoms with Gasteiger partial charge in [0.25, 0.3) is 0 Å². The van der Waals surface area contributed by atoms with Crippen LogP contribution in [0.15, 0.2) is 109 Å². The van der Waals surface area contributed by atoms with E-state index < -0.39 is 5.41 Å². The third-order valence-electron chi connectivity index (χ3n) is 5.08. The predicted octanol–water partition coefficient (Wildman–Crippen LogP) is 8.63. The first-order valence-electron chi connectivity index (χ1n) is 12.2. The van der Waals surface area contributed by atoms with Crippen LogP contribution >= 0.6 is 0 Å². The summed E-state index contributed by atoms with van der Waals surface area (Å²) in [6.07, 6.45) is 4.91. The van der Waals surface area contributed by atoms with Gasteiger partial charge >= 0.3 is 20.1 Å². The Balaban J connectivity index is 0.000000541. The van der Waals surface area contributed by atoms with Crippen LogP contribution in [0.25, 0.3) is 22.5 Å². The van der Waals surface area contributed by atoms with Crippen molar-refractivity contribution in [2.75, 3.05) is 0 Å². The number of pyridine rings is 2. The van der Waals surface area contributed by atoms with E-state index in [1.165, 1.54) is 6.08 Å². The van der Waals surface area contributed by atoms with Crippen molar-refractivity contribution in [3.63, 3.8) is 0 Å². The summed E-state index contributed by atoms with van der Waals surface area (Å²) in [6.45, 7) is 11.1. The molecule has 39 heavy (non-hydrogen) atoms. The van der Waals surface area contributed by atoms with E-state index in [2.05, 4.69) is 22.1 Å². The summed E-state index contributed by atoms with van der Waals surface area (Å²) in [5, 5.41) is 9.56. The number of nitrogens with zero attached hydrogens (tertiary/aromatic N) is 2. The van der Waals surface area contributed by atoms with E-state index in [1.807, 2.05) is 126 Å². The molecule has 0 aliphatic heterocycles. The fraction of sp³-hybridized carbons (Fsp3) is 0.235. The van der Waals surface area contributed by atoms with E-state index in [4.69, 9.17) is 0 Å². The van der Waals surface area contributed by atoms with Crippen molar-refractivity contribution < 1.29 is 30.0 Å². The molecule has 0 bridgehead atoms. The van der Waals surface area contributed by atoms with Crippen molar-refractivity contribution in [1.29, 1.82) is 0 Å². The van der Waals surface area contributed by atoms with Gasteiger partial charge in [0.2, 0.25) is 0 Å². The molecule has 4 nitrogen and oxygen atoms in total. The minimum absolute atomic E-state index is 0. The van der Waals surface area contributed by atoms with Crippen LogP contribution in [0.3, 0.4) is 0 Å². The maximum absolute atomic E-state index is 11.5. The first kappa shape index (κ1) is 35.6. The van der Waals surface area contributed by atoms with Gasteiger partial charge in [-0.2, -0.15) is 0 Å². The molecule has 5 heteroatoms. The molecule has 2 aromatic heterocycles. The quantitative estimate of drug-likeness (QED) is 0.132. The maximum atomic E-state index is 11.5. The summed E-state index contributed by atoms with van der Waals surface area (Å²) in [6, 6.07) is 33.6. The Morgan fingerprint density at radius 2 is 1.10 bits per heavy atom. The smallest absolute Gasteiger partial charge is 0.512 e. The number of benzene rings is 2. The van der Waals surface area contributed by atoms with Crippen molar-refractivity contribution in [3.8, 4) is 22.5 Å². The van der Waals surface area contributed by atoms with E-state index in [-0.39, 0.29) is 44.5 Å². The van der Waals surface area contributed by atoms with E-state index in [0.29, 0.717) is 0 Å². The van der Waals surface area contributed by atoms with Crippen LogP contribution in [-0.2, 0) is 24.9 Å². The second-order valence-corrected chi connectivity index (χ2v) is 10.4. The number of hydrogen-bond donors (Lipinski definition) is 1. The standard InChI is InChI=1S/2C11H8N.C11H20O2.CH3.Ir/c2*1-2-6-10(7-3-1)11-8-4-5-9-12-11;1-10(2,3)8(12)7-9(13)11(4,5)6;;/h2*1-6,8-9H;7,12H,1-6H3;1H3;/q2*-1;;-1;+3/b;;8-7-;;. The van der Waals surface area contributed by atoms with Crippen LogP contribution in [0, 0.1) is 30.4 Å². The number of hydrogen-bond acceptors (Lipinski definition) is 4. The Bertz CT molecular complexity index is 1080. The number of allylic oxidation sites excluding steroid dienone is 2. The molecule has 0 unspecified atom stereocenters. The van der Waals surface area contributed by atoms with Gasteiger partial charge in [0, 0.05) is 29.3 Å². The van der Waals surface area contributed by atoms with Crippen LogP contribution in [-0.4, -0.2) is 20.9 Å². The number of aliphatic hydroxyl groups excluding tert-OH is 1. The average molecular weight is 700 g/mol. The number of aliphatic hydroxyl groups is 1. The first-order valence-corrected chi connectivity index (χ1v) is 12.2. The SMILES string of the molecule is CC(C)(C)C(=O)/C=C(\O)C(C)(C)C.[CH3-].[Ir+3].[c-]1ccccc1-c1ccccn1.[c-]1ccccc1-c1ccccn1. The molecule has 0 radical (unpaired) electrons. The number of carbonyl (C=O) groups excluding carboxylic acids is 1. The normalized spacial score (nSPS) is 10.8. The van der Waals surface area contributed by atoms with Gasteiger partial charge in [-0.1, -0.05) is 65.8 Å². The molecule has 206 valence electrons. The Labute approximate surface area is 248 Å². The van der Waals surface area contributed by atoms with Crippen LogP contribution in [0.1, 0.15) is 41.5 Å². The van der Waals surface area contributed by atoms with Crippen molar-refractivity contribution in [2.45, 2.75) is 41.5 Å². The van der Waals surface area contributed by atoms with Crippen molar-refractivity contribution in [3.05, 3.63) is 129 Å². The molecular weight excluding hydrogens is 661 g/mol. The minimum atomic E-state index is -0.417. The summed E-state index contributed by atoms with van der Waals surface area (Å²) in [7, 11) is 0. The van der Waals surface area contributed by atoms with Gasteiger partial charge in [-0.05, 0) is 23.5 Å². The molecular formula is C34H39IrN2O2. The van der Waals surface area contributed by atoms with Crippen LogP contribution < -0.4 is 0 Å². The molecule has 0 aliphatic carbocycles. The number of aromatic nitrogens is 2. The van der Waals surface area contributed by atoms with Gasteiger partial charge in [-0.25, -0.2) is 0 Å². The van der Waals surface area contributed by atoms with E-state index in [0.717, 1.165) is 22.5 Å². The molecule has 2 heterocycles. The van der Waals surface area contributed by atoms with Gasteiger partial charge < -0.3 is 22.5 Å². The minimum Gasteiger partial charge on any atom is -0.512 e. The molecule has 0 saturated heterocycles. The molecule has 1 N–H and O–H groups in total. The topological polar surface area (TPSA) is 63.1 Å². The summed E-state index contributed by atoms with van der Waals surface area (Å²) < 4.78 is 0. The van der Waals surface area contributed by atoms with Crippen molar-refractivity contribution >= 4 is 5.78 Å². The summed E-state index contributed by atoms with van der Waals surface area (Å²) in [5.74, 6) is 0.104. The zero-order valence-electron chi connectivity index (χ0n) is 23.9. The third kappa shape index (κ3) is 13.3. The van der Waals surface area contributed by atoms with E-state index in [1.54, 1.807) is 12.4 Å².